The van der Waals surface area contributed by atoms with E-state index in [1.165, 1.54) is 6.08 Å². The van der Waals surface area contributed by atoms with Crippen LogP contribution >= 0.6 is 0 Å². The van der Waals surface area contributed by atoms with Gasteiger partial charge in [0.15, 0.2) is 0 Å². The van der Waals surface area contributed by atoms with Gasteiger partial charge in [0.25, 0.3) is 0 Å². The second-order valence-electron chi connectivity index (χ2n) is 4.83. The topological polar surface area (TPSA) is 70.1 Å². The van der Waals surface area contributed by atoms with Gasteiger partial charge in [-0.15, -0.1) is 0 Å². The van der Waals surface area contributed by atoms with Crippen molar-refractivity contribution in [2.24, 2.45) is 5.92 Å². The number of rotatable bonds is 6. The summed E-state index contributed by atoms with van der Waals surface area (Å²) in [5.41, 5.74) is 1.12. The fourth-order valence-electron chi connectivity index (χ4n) is 2.18. The van der Waals surface area contributed by atoms with Crippen LogP contribution in [0.5, 0.6) is 0 Å². The molecule has 4 heteroatoms. The fourth-order valence-corrected chi connectivity index (χ4v) is 2.18. The highest BCUT2D eigenvalue weighted by Crippen LogP contribution is 2.44. The molecule has 1 fully saturated rings. The minimum Gasteiger partial charge on any atom is -0.478 e. The fraction of sp³-hybridized carbons (Fsp3) is 0.400. The van der Waals surface area contributed by atoms with Crippen LogP contribution in [0.3, 0.4) is 0 Å². The molecule has 19 heavy (non-hydrogen) atoms. The monoisotopic (exact) mass is 262 g/mol. The summed E-state index contributed by atoms with van der Waals surface area (Å²) < 4.78 is 5.61. The zero-order chi connectivity index (χ0) is 13.8. The van der Waals surface area contributed by atoms with Gasteiger partial charge in [-0.2, -0.15) is 0 Å². The number of ether oxygens (including phenoxy) is 1. The molecule has 1 aromatic rings. The quantitative estimate of drug-likeness (QED) is 0.609. The predicted octanol–water partition coefficient (Wildman–Crippen LogP) is 2.15. The molecule has 4 unspecified atom stereocenters. The molecule has 1 heterocycles. The molecule has 2 rings (SSSR count). The van der Waals surface area contributed by atoms with Crippen LogP contribution in [0, 0.1) is 5.92 Å². The number of hydrogen-bond acceptors (Lipinski definition) is 3. The van der Waals surface area contributed by atoms with Gasteiger partial charge in [-0.1, -0.05) is 43.3 Å². The van der Waals surface area contributed by atoms with Crippen molar-refractivity contribution < 1.29 is 19.7 Å². The molecule has 1 aliphatic heterocycles. The van der Waals surface area contributed by atoms with Gasteiger partial charge in [-0.3, -0.25) is 0 Å². The van der Waals surface area contributed by atoms with E-state index in [0.29, 0.717) is 6.42 Å². The van der Waals surface area contributed by atoms with Crippen molar-refractivity contribution in [1.29, 1.82) is 0 Å². The first-order chi connectivity index (χ1) is 9.09. The first kappa shape index (κ1) is 13.8. The summed E-state index contributed by atoms with van der Waals surface area (Å²) in [7, 11) is 0. The number of aliphatic hydroxyl groups is 1. The molecule has 0 spiro atoms. The Morgan fingerprint density at radius 1 is 1.42 bits per heavy atom. The summed E-state index contributed by atoms with van der Waals surface area (Å²) in [6, 6.07) is 9.90. The van der Waals surface area contributed by atoms with Crippen molar-refractivity contribution in [2.45, 2.75) is 31.7 Å². The first-order valence-electron chi connectivity index (χ1n) is 6.37. The lowest BCUT2D eigenvalue weighted by atomic mass is 9.94. The summed E-state index contributed by atoms with van der Waals surface area (Å²) in [5, 5.41) is 18.5. The Hall–Kier alpha value is -1.65. The highest BCUT2D eigenvalue weighted by molar-refractivity contribution is 5.79. The van der Waals surface area contributed by atoms with E-state index in [2.05, 4.69) is 0 Å². The molecule has 0 bridgehead atoms. The Morgan fingerprint density at radius 3 is 2.74 bits per heavy atom. The second kappa shape index (κ2) is 5.99. The average molecular weight is 262 g/mol. The molecule has 2 N–H and O–H groups in total. The standard InChI is InChI=1S/C15H18O4/c1-10(12(16)8-5-9-13(17)18)14-15(19-14)11-6-3-2-4-7-11/h2-7,9-10,12,14-16H,8H2,1H3,(H,17,18). The highest BCUT2D eigenvalue weighted by atomic mass is 16.6. The summed E-state index contributed by atoms with van der Waals surface area (Å²) in [6.45, 7) is 1.92. The average Bonchev–Trinajstić information content (AvgIpc) is 3.18. The van der Waals surface area contributed by atoms with Gasteiger partial charge in [0.05, 0.1) is 12.2 Å². The molecule has 4 atom stereocenters. The first-order valence-corrected chi connectivity index (χ1v) is 6.37. The maximum Gasteiger partial charge on any atom is 0.327 e. The van der Waals surface area contributed by atoms with E-state index < -0.39 is 12.1 Å². The number of hydrogen-bond donors (Lipinski definition) is 2. The van der Waals surface area contributed by atoms with E-state index in [1.807, 2.05) is 37.3 Å². The summed E-state index contributed by atoms with van der Waals surface area (Å²) in [6.07, 6.45) is 2.33. The minimum atomic E-state index is -0.996. The number of carboxylic acid groups (broad SMARTS) is 1. The van der Waals surface area contributed by atoms with Crippen LogP contribution < -0.4 is 0 Å². The Balaban J connectivity index is 1.85. The largest absolute Gasteiger partial charge is 0.478 e. The lowest BCUT2D eigenvalue weighted by Gasteiger charge is -2.15. The number of aliphatic carboxylic acids is 1. The molecular weight excluding hydrogens is 244 g/mol. The Labute approximate surface area is 112 Å². The lowest BCUT2D eigenvalue weighted by Crippen LogP contribution is -2.22. The number of epoxide rings is 1. The van der Waals surface area contributed by atoms with E-state index in [1.54, 1.807) is 0 Å². The summed E-state index contributed by atoms with van der Waals surface area (Å²) in [5.74, 6) is -1.02. The van der Waals surface area contributed by atoms with Gasteiger partial charge < -0.3 is 14.9 Å². The second-order valence-corrected chi connectivity index (χ2v) is 4.83. The van der Waals surface area contributed by atoms with E-state index in [4.69, 9.17) is 9.84 Å². The van der Waals surface area contributed by atoms with Gasteiger partial charge >= 0.3 is 5.97 Å². The number of benzene rings is 1. The highest BCUT2D eigenvalue weighted by Gasteiger charge is 2.45. The van der Waals surface area contributed by atoms with Crippen LogP contribution in [-0.2, 0) is 9.53 Å². The molecule has 102 valence electrons. The molecule has 0 radical (unpaired) electrons. The van der Waals surface area contributed by atoms with Crippen molar-refractivity contribution >= 4 is 5.97 Å². The Bertz CT molecular complexity index is 454. The van der Waals surface area contributed by atoms with Crippen molar-refractivity contribution in [1.82, 2.24) is 0 Å². The van der Waals surface area contributed by atoms with E-state index in [0.717, 1.165) is 11.6 Å². The number of carbonyl (C=O) groups is 1. The van der Waals surface area contributed by atoms with E-state index in [-0.39, 0.29) is 18.1 Å². The van der Waals surface area contributed by atoms with Gasteiger partial charge in [0.2, 0.25) is 0 Å². The third kappa shape index (κ3) is 3.66. The number of aliphatic hydroxyl groups excluding tert-OH is 1. The Kier molecular flexibility index (Phi) is 4.35. The number of carboxylic acids is 1. The van der Waals surface area contributed by atoms with Gasteiger partial charge in [-0.25, -0.2) is 4.79 Å². The Morgan fingerprint density at radius 2 is 2.11 bits per heavy atom. The molecule has 1 saturated heterocycles. The molecule has 0 aliphatic carbocycles. The summed E-state index contributed by atoms with van der Waals surface area (Å²) >= 11 is 0. The van der Waals surface area contributed by atoms with E-state index in [9.17, 15) is 9.90 Å². The van der Waals surface area contributed by atoms with Crippen molar-refractivity contribution in [2.75, 3.05) is 0 Å². The maximum absolute atomic E-state index is 10.3. The minimum absolute atomic E-state index is 0.00984. The lowest BCUT2D eigenvalue weighted by molar-refractivity contribution is -0.131. The van der Waals surface area contributed by atoms with Crippen molar-refractivity contribution in [3.05, 3.63) is 48.0 Å². The van der Waals surface area contributed by atoms with Gasteiger partial charge in [0, 0.05) is 12.0 Å². The van der Waals surface area contributed by atoms with Crippen LogP contribution in [0.25, 0.3) is 0 Å². The summed E-state index contributed by atoms with van der Waals surface area (Å²) in [4.78, 5) is 10.3. The van der Waals surface area contributed by atoms with Gasteiger partial charge in [-0.05, 0) is 12.0 Å². The van der Waals surface area contributed by atoms with Crippen LogP contribution in [-0.4, -0.2) is 28.4 Å². The smallest absolute Gasteiger partial charge is 0.327 e. The molecule has 0 amide bonds. The molecular formula is C15H18O4. The SMILES string of the molecule is CC(C(O)CC=CC(=O)O)C1OC1c1ccccc1. The van der Waals surface area contributed by atoms with Crippen molar-refractivity contribution in [3.8, 4) is 0 Å². The molecule has 1 aliphatic rings. The normalized spacial score (nSPS) is 25.2. The molecule has 0 saturated carbocycles. The maximum atomic E-state index is 10.3. The third-order valence-electron chi connectivity index (χ3n) is 3.42. The van der Waals surface area contributed by atoms with Gasteiger partial charge in [0.1, 0.15) is 6.10 Å². The van der Waals surface area contributed by atoms with Crippen LogP contribution in [0.4, 0.5) is 0 Å². The van der Waals surface area contributed by atoms with Crippen LogP contribution in [0.15, 0.2) is 42.5 Å². The molecule has 1 aromatic carbocycles. The zero-order valence-corrected chi connectivity index (χ0v) is 10.8. The van der Waals surface area contributed by atoms with Crippen molar-refractivity contribution in [3.63, 3.8) is 0 Å². The zero-order valence-electron chi connectivity index (χ0n) is 10.8. The molecule has 0 aromatic heterocycles. The predicted molar refractivity (Wildman–Crippen MR) is 70.6 cm³/mol. The molecule has 4 nitrogen and oxygen atoms in total. The van der Waals surface area contributed by atoms with Crippen LogP contribution in [0.1, 0.15) is 25.0 Å². The van der Waals surface area contributed by atoms with Crippen LogP contribution in [0.2, 0.25) is 0 Å². The van der Waals surface area contributed by atoms with E-state index >= 15 is 0 Å². The third-order valence-corrected chi connectivity index (χ3v) is 3.42.